The molecule has 0 spiro atoms. The number of para-hydroxylation sites is 2. The highest BCUT2D eigenvalue weighted by Crippen LogP contribution is 2.28. The molecule has 4 aromatic rings. The summed E-state index contributed by atoms with van der Waals surface area (Å²) in [6.45, 7) is 4.29. The molecule has 1 aliphatic heterocycles. The van der Waals surface area contributed by atoms with Gasteiger partial charge in [-0.2, -0.15) is 0 Å². The highest BCUT2D eigenvalue weighted by Gasteiger charge is 2.28. The molecule has 0 saturated carbocycles. The fourth-order valence-electron chi connectivity index (χ4n) is 5.72. The fourth-order valence-corrected chi connectivity index (χ4v) is 5.72. The first kappa shape index (κ1) is 28.5. The second-order valence-corrected chi connectivity index (χ2v) is 10.9. The van der Waals surface area contributed by atoms with E-state index < -0.39 is 0 Å². The lowest BCUT2D eigenvalue weighted by Crippen LogP contribution is -2.46. The summed E-state index contributed by atoms with van der Waals surface area (Å²) in [6.07, 6.45) is 8.68. The number of hydrogen-bond acceptors (Lipinski definition) is 6. The summed E-state index contributed by atoms with van der Waals surface area (Å²) in [5, 5.41) is 0. The first-order valence-electron chi connectivity index (χ1n) is 14.7. The van der Waals surface area contributed by atoms with Crippen molar-refractivity contribution in [2.24, 2.45) is 0 Å². The van der Waals surface area contributed by atoms with Crippen molar-refractivity contribution < 1.29 is 9.18 Å². The molecule has 2 aromatic carbocycles. The average molecular weight is 559 g/mol. The average Bonchev–Trinajstić information content (AvgIpc) is 3.36. The zero-order valence-electron chi connectivity index (χ0n) is 24.0. The summed E-state index contributed by atoms with van der Waals surface area (Å²) < 4.78 is 17.0. The zero-order valence-corrected chi connectivity index (χ0v) is 24.0. The number of hydrogen-bond donors (Lipinski definition) is 0. The molecule has 1 aliphatic rings. The summed E-state index contributed by atoms with van der Waals surface area (Å²) in [5.41, 5.74) is 2.65. The Morgan fingerprint density at radius 3 is 2.49 bits per heavy atom. The molecule has 8 nitrogen and oxygen atoms in total. The molecule has 1 fully saturated rings. The van der Waals surface area contributed by atoms with Crippen LogP contribution < -0.4 is 15.4 Å². The van der Waals surface area contributed by atoms with Crippen LogP contribution in [0.5, 0.6) is 0 Å². The van der Waals surface area contributed by atoms with Crippen LogP contribution in [0.15, 0.2) is 65.6 Å². The highest BCUT2D eigenvalue weighted by atomic mass is 19.1. The van der Waals surface area contributed by atoms with Crippen molar-refractivity contribution in [2.75, 3.05) is 29.9 Å². The Labute approximate surface area is 240 Å². The van der Waals surface area contributed by atoms with Gasteiger partial charge in [-0.15, -0.1) is 0 Å². The van der Waals surface area contributed by atoms with Gasteiger partial charge in [0.15, 0.2) is 0 Å². The molecule has 0 unspecified atom stereocenters. The molecule has 0 amide bonds. The number of unbranched alkanes of at least 4 members (excludes halogenated alkanes) is 4. The van der Waals surface area contributed by atoms with Gasteiger partial charge in [0.25, 0.3) is 5.56 Å². The number of anilines is 2. The van der Waals surface area contributed by atoms with E-state index in [9.17, 15) is 14.0 Å². The SMILES string of the molecule is CCCCCCCC(=O)n1c(N(C)C2CCN(c3nc4ccccc4n3Cc3ccc(F)cc3)CC2)nccc1=O. The van der Waals surface area contributed by atoms with Crippen LogP contribution in [0.4, 0.5) is 16.3 Å². The van der Waals surface area contributed by atoms with E-state index in [-0.39, 0.29) is 23.3 Å². The van der Waals surface area contributed by atoms with Gasteiger partial charge >= 0.3 is 0 Å². The maximum Gasteiger partial charge on any atom is 0.261 e. The molecule has 3 heterocycles. The Kier molecular flexibility index (Phi) is 9.11. The van der Waals surface area contributed by atoms with Gasteiger partial charge in [0, 0.05) is 44.9 Å². The van der Waals surface area contributed by atoms with Gasteiger partial charge < -0.3 is 14.4 Å². The van der Waals surface area contributed by atoms with Gasteiger partial charge in [0.05, 0.1) is 17.6 Å². The molecular formula is C32H39FN6O2. The predicted octanol–water partition coefficient (Wildman–Crippen LogP) is 5.89. The molecule has 0 radical (unpaired) electrons. The first-order chi connectivity index (χ1) is 20.0. The third-order valence-corrected chi connectivity index (χ3v) is 8.07. The number of aromatic nitrogens is 4. The minimum Gasteiger partial charge on any atom is -0.342 e. The minimum absolute atomic E-state index is 0.124. The van der Waals surface area contributed by atoms with Gasteiger partial charge in [-0.3, -0.25) is 9.59 Å². The van der Waals surface area contributed by atoms with E-state index >= 15 is 0 Å². The standard InChI is InChI=1S/C32H39FN6O2/c1-3-4-5-6-7-12-29(40)39-30(41)17-20-34-31(39)36(2)26-18-21-37(22-19-26)32-35-27-10-8-9-11-28(27)38(32)23-24-13-15-25(33)16-14-24/h8-11,13-17,20,26H,3-7,12,18-19,21-23H2,1-2H3. The minimum atomic E-state index is -0.327. The molecule has 0 atom stereocenters. The van der Waals surface area contributed by atoms with E-state index in [4.69, 9.17) is 4.98 Å². The van der Waals surface area contributed by atoms with Crippen molar-refractivity contribution in [1.29, 1.82) is 0 Å². The van der Waals surface area contributed by atoms with E-state index in [0.29, 0.717) is 18.9 Å². The maximum absolute atomic E-state index is 13.5. The number of nitrogens with zero attached hydrogens (tertiary/aromatic N) is 6. The summed E-state index contributed by atoms with van der Waals surface area (Å²) in [5.74, 6) is 0.874. The first-order valence-corrected chi connectivity index (χ1v) is 14.7. The number of imidazole rings is 1. The van der Waals surface area contributed by atoms with E-state index in [1.165, 1.54) is 29.0 Å². The van der Waals surface area contributed by atoms with E-state index in [0.717, 1.165) is 80.6 Å². The van der Waals surface area contributed by atoms with Crippen LogP contribution in [0.2, 0.25) is 0 Å². The number of halogens is 1. The molecular weight excluding hydrogens is 519 g/mol. The summed E-state index contributed by atoms with van der Waals surface area (Å²) in [4.78, 5) is 39.6. The Balaban J connectivity index is 1.30. The maximum atomic E-state index is 13.5. The Morgan fingerprint density at radius 2 is 1.73 bits per heavy atom. The number of piperidine rings is 1. The van der Waals surface area contributed by atoms with Gasteiger partial charge in [-0.25, -0.2) is 18.9 Å². The van der Waals surface area contributed by atoms with E-state index in [1.807, 2.05) is 42.3 Å². The van der Waals surface area contributed by atoms with Crippen molar-refractivity contribution in [3.8, 4) is 0 Å². The van der Waals surface area contributed by atoms with Crippen LogP contribution in [-0.2, 0) is 6.54 Å². The van der Waals surface area contributed by atoms with Crippen molar-refractivity contribution in [3.05, 3.63) is 82.5 Å². The van der Waals surface area contributed by atoms with Crippen molar-refractivity contribution in [2.45, 2.75) is 70.9 Å². The normalized spacial score (nSPS) is 14.1. The quantitative estimate of drug-likeness (QED) is 0.214. The van der Waals surface area contributed by atoms with Crippen LogP contribution in [-0.4, -0.2) is 51.2 Å². The fraction of sp³-hybridized carbons (Fsp3) is 0.438. The molecule has 9 heteroatoms. The molecule has 0 aliphatic carbocycles. The molecule has 0 bridgehead atoms. The summed E-state index contributed by atoms with van der Waals surface area (Å²) in [6, 6.07) is 16.2. The smallest absolute Gasteiger partial charge is 0.261 e. The molecule has 216 valence electrons. The predicted molar refractivity (Wildman–Crippen MR) is 161 cm³/mol. The number of benzene rings is 2. The number of carbonyl (C=O) groups is 1. The van der Waals surface area contributed by atoms with Crippen LogP contribution in [0.25, 0.3) is 11.0 Å². The van der Waals surface area contributed by atoms with Crippen molar-refractivity contribution in [3.63, 3.8) is 0 Å². The second-order valence-electron chi connectivity index (χ2n) is 10.9. The Hall–Kier alpha value is -4.01. The largest absolute Gasteiger partial charge is 0.342 e. The second kappa shape index (κ2) is 13.1. The third-order valence-electron chi connectivity index (χ3n) is 8.07. The lowest BCUT2D eigenvalue weighted by Gasteiger charge is -2.38. The number of rotatable bonds is 11. The molecule has 2 aromatic heterocycles. The molecule has 5 rings (SSSR count). The van der Waals surface area contributed by atoms with Crippen LogP contribution in [0.1, 0.15) is 68.6 Å². The summed E-state index contributed by atoms with van der Waals surface area (Å²) in [7, 11) is 1.93. The van der Waals surface area contributed by atoms with E-state index in [1.54, 1.807) is 0 Å². The van der Waals surface area contributed by atoms with Gasteiger partial charge in [0.1, 0.15) is 5.82 Å². The number of fused-ring (bicyclic) bond motifs is 1. The van der Waals surface area contributed by atoms with Gasteiger partial charge in [-0.05, 0) is 49.1 Å². The lowest BCUT2D eigenvalue weighted by atomic mass is 10.0. The van der Waals surface area contributed by atoms with Gasteiger partial charge in [-0.1, -0.05) is 56.9 Å². The van der Waals surface area contributed by atoms with Crippen molar-refractivity contribution in [1.82, 2.24) is 19.1 Å². The Morgan fingerprint density at radius 1 is 1.00 bits per heavy atom. The Bertz CT molecular complexity index is 1520. The lowest BCUT2D eigenvalue weighted by molar-refractivity contribution is 0.0894. The van der Waals surface area contributed by atoms with Crippen LogP contribution >= 0.6 is 0 Å². The third kappa shape index (κ3) is 6.50. The topological polar surface area (TPSA) is 76.3 Å². The van der Waals surface area contributed by atoms with Crippen LogP contribution in [0.3, 0.4) is 0 Å². The number of carbonyl (C=O) groups excluding carboxylic acids is 1. The molecule has 0 N–H and O–H groups in total. The van der Waals surface area contributed by atoms with Crippen molar-refractivity contribution >= 4 is 28.8 Å². The van der Waals surface area contributed by atoms with Gasteiger partial charge in [0.2, 0.25) is 17.8 Å². The monoisotopic (exact) mass is 558 g/mol. The zero-order chi connectivity index (χ0) is 28.8. The molecule has 41 heavy (non-hydrogen) atoms. The molecule has 1 saturated heterocycles. The highest BCUT2D eigenvalue weighted by molar-refractivity contribution is 5.81. The van der Waals surface area contributed by atoms with E-state index in [2.05, 4.69) is 27.4 Å². The van der Waals surface area contributed by atoms with Crippen LogP contribution in [0, 0.1) is 5.82 Å². The summed E-state index contributed by atoms with van der Waals surface area (Å²) >= 11 is 0.